The number of amides is 1. The van der Waals surface area contributed by atoms with Gasteiger partial charge in [-0.2, -0.15) is 0 Å². The third-order valence-corrected chi connectivity index (χ3v) is 6.01. The number of carbonyl (C=O) groups is 1. The molecule has 1 amide bonds. The fourth-order valence-electron chi connectivity index (χ4n) is 4.42. The highest BCUT2D eigenvalue weighted by Gasteiger charge is 2.35. The summed E-state index contributed by atoms with van der Waals surface area (Å²) in [4.78, 5) is 17.5. The van der Waals surface area contributed by atoms with E-state index in [1.807, 2.05) is 65.6 Å². The number of β-amino-alcohol motifs (C(OH)–C–C–N with tert-alkyl or cyclic N) is 1. The molecular formula is C24H30N2O3. The SMILES string of the molecule is O=C(C1CCCO1)N(c1ccccc1)C1CCN(CC(O)c2ccccc2)CC1. The van der Waals surface area contributed by atoms with Gasteiger partial charge in [-0.25, -0.2) is 0 Å². The Kier molecular flexibility index (Phi) is 6.60. The van der Waals surface area contributed by atoms with Crippen LogP contribution in [0.5, 0.6) is 0 Å². The molecule has 2 aliphatic heterocycles. The zero-order valence-corrected chi connectivity index (χ0v) is 16.8. The third kappa shape index (κ3) is 4.86. The van der Waals surface area contributed by atoms with E-state index in [0.29, 0.717) is 13.2 Å². The van der Waals surface area contributed by atoms with Crippen molar-refractivity contribution in [2.75, 3.05) is 31.1 Å². The van der Waals surface area contributed by atoms with Crippen LogP contribution < -0.4 is 4.90 Å². The van der Waals surface area contributed by atoms with Crippen molar-refractivity contribution in [1.82, 2.24) is 4.90 Å². The number of para-hydroxylation sites is 1. The number of nitrogens with zero attached hydrogens (tertiary/aromatic N) is 2. The van der Waals surface area contributed by atoms with E-state index in [0.717, 1.165) is 50.0 Å². The number of rotatable bonds is 6. The molecule has 2 aromatic rings. The Labute approximate surface area is 172 Å². The van der Waals surface area contributed by atoms with Crippen LogP contribution in [-0.2, 0) is 9.53 Å². The van der Waals surface area contributed by atoms with Crippen molar-refractivity contribution in [3.63, 3.8) is 0 Å². The standard InChI is InChI=1S/C24H30N2O3/c27-22(19-8-3-1-4-9-19)18-25-15-13-21(14-16-25)26(20-10-5-2-6-11-20)24(28)23-12-7-17-29-23/h1-6,8-11,21-23,27H,7,12-18H2. The van der Waals surface area contributed by atoms with Crippen molar-refractivity contribution in [2.45, 2.75) is 43.9 Å². The van der Waals surface area contributed by atoms with Crippen molar-refractivity contribution < 1.29 is 14.6 Å². The number of benzene rings is 2. The molecule has 0 spiro atoms. The minimum atomic E-state index is -0.480. The molecule has 29 heavy (non-hydrogen) atoms. The maximum atomic E-state index is 13.2. The van der Waals surface area contributed by atoms with Gasteiger partial charge in [-0.1, -0.05) is 48.5 Å². The Hall–Kier alpha value is -2.21. The number of aliphatic hydroxyl groups excluding tert-OH is 1. The van der Waals surface area contributed by atoms with E-state index in [-0.39, 0.29) is 18.1 Å². The molecule has 0 radical (unpaired) electrons. The molecule has 0 aliphatic carbocycles. The van der Waals surface area contributed by atoms with Gasteiger partial charge in [0.1, 0.15) is 6.10 Å². The molecule has 2 aliphatic rings. The fourth-order valence-corrected chi connectivity index (χ4v) is 4.42. The summed E-state index contributed by atoms with van der Waals surface area (Å²) in [6.07, 6.45) is 2.77. The van der Waals surface area contributed by atoms with Crippen LogP contribution in [0.15, 0.2) is 60.7 Å². The van der Waals surface area contributed by atoms with Gasteiger partial charge in [0.25, 0.3) is 5.91 Å². The van der Waals surface area contributed by atoms with E-state index in [1.165, 1.54) is 0 Å². The lowest BCUT2D eigenvalue weighted by Gasteiger charge is -2.40. The Balaban J connectivity index is 1.40. The molecule has 2 fully saturated rings. The molecule has 5 heteroatoms. The van der Waals surface area contributed by atoms with Crippen molar-refractivity contribution in [2.24, 2.45) is 0 Å². The van der Waals surface area contributed by atoms with Crippen LogP contribution in [0.4, 0.5) is 5.69 Å². The lowest BCUT2D eigenvalue weighted by Crippen LogP contribution is -2.51. The topological polar surface area (TPSA) is 53.0 Å². The molecule has 0 aromatic heterocycles. The Morgan fingerprint density at radius 3 is 2.31 bits per heavy atom. The summed E-state index contributed by atoms with van der Waals surface area (Å²) in [5.41, 5.74) is 1.91. The highest BCUT2D eigenvalue weighted by molar-refractivity contribution is 5.97. The molecule has 0 saturated carbocycles. The quantitative estimate of drug-likeness (QED) is 0.816. The molecule has 1 N–H and O–H groups in total. The maximum Gasteiger partial charge on any atom is 0.256 e. The van der Waals surface area contributed by atoms with Crippen LogP contribution in [0.25, 0.3) is 0 Å². The molecule has 4 rings (SSSR count). The number of hydrogen-bond acceptors (Lipinski definition) is 4. The van der Waals surface area contributed by atoms with Crippen molar-refractivity contribution in [1.29, 1.82) is 0 Å². The van der Waals surface area contributed by atoms with Crippen LogP contribution >= 0.6 is 0 Å². The van der Waals surface area contributed by atoms with Gasteiger partial charge in [0.05, 0.1) is 6.10 Å². The molecule has 2 atom stereocenters. The van der Waals surface area contributed by atoms with Crippen LogP contribution in [0.3, 0.4) is 0 Å². The Morgan fingerprint density at radius 2 is 1.69 bits per heavy atom. The van der Waals surface area contributed by atoms with Gasteiger partial charge in [0.2, 0.25) is 0 Å². The largest absolute Gasteiger partial charge is 0.387 e. The van der Waals surface area contributed by atoms with Gasteiger partial charge < -0.3 is 19.6 Å². The Morgan fingerprint density at radius 1 is 1.03 bits per heavy atom. The smallest absolute Gasteiger partial charge is 0.256 e. The number of hydrogen-bond donors (Lipinski definition) is 1. The summed E-state index contributed by atoms with van der Waals surface area (Å²) >= 11 is 0. The third-order valence-electron chi connectivity index (χ3n) is 6.01. The van der Waals surface area contributed by atoms with Gasteiger partial charge in [-0.3, -0.25) is 4.79 Å². The zero-order valence-electron chi connectivity index (χ0n) is 16.8. The first-order valence-electron chi connectivity index (χ1n) is 10.7. The first-order valence-corrected chi connectivity index (χ1v) is 10.7. The molecular weight excluding hydrogens is 364 g/mol. The summed E-state index contributed by atoms with van der Waals surface area (Å²) in [5, 5.41) is 10.5. The molecule has 2 unspecified atom stereocenters. The van der Waals surface area contributed by atoms with Crippen molar-refractivity contribution in [3.8, 4) is 0 Å². The van der Waals surface area contributed by atoms with Gasteiger partial charge >= 0.3 is 0 Å². The number of ether oxygens (including phenoxy) is 1. The summed E-state index contributed by atoms with van der Waals surface area (Å²) in [5.74, 6) is 0.0940. The minimum absolute atomic E-state index is 0.0940. The lowest BCUT2D eigenvalue weighted by atomic mass is 9.99. The number of carbonyl (C=O) groups excluding carboxylic acids is 1. The van der Waals surface area contributed by atoms with E-state index >= 15 is 0 Å². The molecule has 2 heterocycles. The number of piperidine rings is 1. The number of likely N-dealkylation sites (tertiary alicyclic amines) is 1. The van der Waals surface area contributed by atoms with Crippen molar-refractivity contribution >= 4 is 11.6 Å². The molecule has 0 bridgehead atoms. The first kappa shape index (κ1) is 20.1. The first-order chi connectivity index (χ1) is 14.2. The van der Waals surface area contributed by atoms with E-state index in [1.54, 1.807) is 0 Å². The van der Waals surface area contributed by atoms with Gasteiger partial charge in [-0.05, 0) is 43.4 Å². The van der Waals surface area contributed by atoms with Crippen LogP contribution in [-0.4, -0.2) is 54.3 Å². The normalized spacial score (nSPS) is 21.8. The highest BCUT2D eigenvalue weighted by atomic mass is 16.5. The monoisotopic (exact) mass is 394 g/mol. The molecule has 2 aromatic carbocycles. The number of aliphatic hydroxyl groups is 1. The van der Waals surface area contributed by atoms with Crippen LogP contribution in [0.1, 0.15) is 37.4 Å². The highest BCUT2D eigenvalue weighted by Crippen LogP contribution is 2.28. The average Bonchev–Trinajstić information content (AvgIpc) is 3.31. The van der Waals surface area contributed by atoms with Gasteiger partial charge in [0.15, 0.2) is 0 Å². The van der Waals surface area contributed by atoms with Crippen LogP contribution in [0, 0.1) is 0 Å². The summed E-state index contributed by atoms with van der Waals surface area (Å²) < 4.78 is 5.70. The molecule has 154 valence electrons. The second-order valence-electron chi connectivity index (χ2n) is 8.00. The predicted molar refractivity (Wildman–Crippen MR) is 114 cm³/mol. The summed E-state index contributed by atoms with van der Waals surface area (Å²) in [6, 6.07) is 19.9. The van der Waals surface area contributed by atoms with Gasteiger partial charge in [-0.15, -0.1) is 0 Å². The van der Waals surface area contributed by atoms with E-state index in [4.69, 9.17) is 4.74 Å². The van der Waals surface area contributed by atoms with Crippen molar-refractivity contribution in [3.05, 3.63) is 66.2 Å². The second kappa shape index (κ2) is 9.53. The second-order valence-corrected chi connectivity index (χ2v) is 8.00. The fraction of sp³-hybridized carbons (Fsp3) is 0.458. The zero-order chi connectivity index (χ0) is 20.1. The van der Waals surface area contributed by atoms with Crippen LogP contribution in [0.2, 0.25) is 0 Å². The number of anilines is 1. The van der Waals surface area contributed by atoms with E-state index < -0.39 is 6.10 Å². The molecule has 2 saturated heterocycles. The van der Waals surface area contributed by atoms with Gasteiger partial charge in [0, 0.05) is 38.0 Å². The minimum Gasteiger partial charge on any atom is -0.387 e. The summed E-state index contributed by atoms with van der Waals surface area (Å²) in [7, 11) is 0. The summed E-state index contributed by atoms with van der Waals surface area (Å²) in [6.45, 7) is 3.05. The average molecular weight is 395 g/mol. The molecule has 5 nitrogen and oxygen atoms in total. The van der Waals surface area contributed by atoms with E-state index in [9.17, 15) is 9.90 Å². The predicted octanol–water partition coefficient (Wildman–Crippen LogP) is 3.40. The lowest BCUT2D eigenvalue weighted by molar-refractivity contribution is -0.128. The van der Waals surface area contributed by atoms with E-state index in [2.05, 4.69) is 4.90 Å². The maximum absolute atomic E-state index is 13.2. The Bertz CT molecular complexity index is 769.